The molecule has 0 N–H and O–H groups in total. The maximum Gasteiger partial charge on any atom is 0.230 e. The normalized spacial score (nSPS) is 32.0. The third kappa shape index (κ3) is 1.72. The van der Waals surface area contributed by atoms with E-state index in [1.165, 1.54) is 12.8 Å². The first-order valence-electron chi connectivity index (χ1n) is 8.61. The molecule has 0 spiro atoms. The van der Waals surface area contributed by atoms with Crippen LogP contribution in [0.3, 0.4) is 0 Å². The number of carbonyl (C=O) groups is 2. The van der Waals surface area contributed by atoms with Crippen LogP contribution < -0.4 is 0 Å². The topological polar surface area (TPSA) is 46.6 Å². The molecule has 4 nitrogen and oxygen atoms in total. The van der Waals surface area contributed by atoms with Crippen LogP contribution in [0, 0.1) is 5.92 Å². The summed E-state index contributed by atoms with van der Waals surface area (Å²) in [7, 11) is 0. The average molecular weight is 309 g/mol. The van der Waals surface area contributed by atoms with Gasteiger partial charge >= 0.3 is 0 Å². The third-order valence-corrected chi connectivity index (χ3v) is 5.87. The zero-order valence-corrected chi connectivity index (χ0v) is 13.0. The fraction of sp³-hybridized carbons (Fsp3) is 0.474. The van der Waals surface area contributed by atoms with Gasteiger partial charge in [-0.15, -0.1) is 0 Å². The van der Waals surface area contributed by atoms with Crippen molar-refractivity contribution in [1.29, 1.82) is 0 Å². The highest BCUT2D eigenvalue weighted by Crippen LogP contribution is 2.45. The van der Waals surface area contributed by atoms with Crippen LogP contribution >= 0.6 is 0 Å². The van der Waals surface area contributed by atoms with Crippen LogP contribution in [0.2, 0.25) is 0 Å². The Kier molecular flexibility index (Phi) is 2.73. The van der Waals surface area contributed by atoms with Gasteiger partial charge in [-0.3, -0.25) is 9.59 Å². The monoisotopic (exact) mass is 309 g/mol. The van der Waals surface area contributed by atoms with Crippen molar-refractivity contribution < 1.29 is 14.3 Å². The molecule has 4 heteroatoms. The summed E-state index contributed by atoms with van der Waals surface area (Å²) in [6, 6.07) is 7.39. The van der Waals surface area contributed by atoms with Crippen molar-refractivity contribution in [2.24, 2.45) is 5.92 Å². The molecule has 2 aliphatic carbocycles. The molecule has 118 valence electrons. The second-order valence-electron chi connectivity index (χ2n) is 7.06. The number of ketones is 2. The summed E-state index contributed by atoms with van der Waals surface area (Å²) < 4.78 is 6.14. The third-order valence-electron chi connectivity index (χ3n) is 5.87. The number of hydrogen-bond donors (Lipinski definition) is 0. The Morgan fingerprint density at radius 2 is 1.70 bits per heavy atom. The van der Waals surface area contributed by atoms with E-state index in [-0.39, 0.29) is 23.7 Å². The van der Waals surface area contributed by atoms with E-state index < -0.39 is 0 Å². The first-order valence-corrected chi connectivity index (χ1v) is 8.61. The number of hydrogen-bond acceptors (Lipinski definition) is 4. The van der Waals surface area contributed by atoms with Crippen molar-refractivity contribution in [2.75, 3.05) is 6.54 Å². The van der Waals surface area contributed by atoms with Crippen LogP contribution in [0.5, 0.6) is 0 Å². The van der Waals surface area contributed by atoms with E-state index in [9.17, 15) is 9.59 Å². The van der Waals surface area contributed by atoms with Crippen molar-refractivity contribution in [1.82, 2.24) is 4.90 Å². The molecule has 3 unspecified atom stereocenters. The van der Waals surface area contributed by atoms with Gasteiger partial charge in [0.15, 0.2) is 5.76 Å². The minimum Gasteiger partial charge on any atom is -0.482 e. The van der Waals surface area contributed by atoms with Gasteiger partial charge in [-0.2, -0.15) is 0 Å². The summed E-state index contributed by atoms with van der Waals surface area (Å²) in [6.45, 7) is 0.862. The minimum absolute atomic E-state index is 0.0418. The molecule has 1 saturated carbocycles. The second kappa shape index (κ2) is 4.70. The molecule has 0 bridgehead atoms. The van der Waals surface area contributed by atoms with Crippen molar-refractivity contribution >= 4 is 11.6 Å². The van der Waals surface area contributed by atoms with Crippen molar-refractivity contribution in [3.8, 4) is 0 Å². The molecule has 0 aromatic heterocycles. The number of allylic oxidation sites excluding steroid dienone is 2. The molecular weight excluding hydrogens is 290 g/mol. The Morgan fingerprint density at radius 3 is 2.52 bits per heavy atom. The van der Waals surface area contributed by atoms with Crippen LogP contribution in [0.25, 0.3) is 0 Å². The summed E-state index contributed by atoms with van der Waals surface area (Å²) >= 11 is 0. The molecule has 0 radical (unpaired) electrons. The lowest BCUT2D eigenvalue weighted by molar-refractivity contribution is -0.0617. The number of nitrogens with zero attached hydrogens (tertiary/aromatic N) is 1. The maximum atomic E-state index is 13.0. The molecule has 1 aromatic rings. The van der Waals surface area contributed by atoms with E-state index in [1.807, 2.05) is 6.07 Å². The molecule has 0 amide bonds. The Balaban J connectivity index is 1.67. The Hall–Kier alpha value is -2.10. The highest BCUT2D eigenvalue weighted by Gasteiger charge is 2.50. The summed E-state index contributed by atoms with van der Waals surface area (Å²) in [5.74, 6) is 0.732. The largest absolute Gasteiger partial charge is 0.482 e. The Labute approximate surface area is 135 Å². The molecule has 1 aromatic carbocycles. The Morgan fingerprint density at radius 1 is 0.957 bits per heavy atom. The minimum atomic E-state index is -0.124. The van der Waals surface area contributed by atoms with Crippen LogP contribution in [0.1, 0.15) is 52.8 Å². The predicted octanol–water partition coefficient (Wildman–Crippen LogP) is 2.94. The molecular formula is C19H19NO3. The Bertz CT molecular complexity index is 749. The lowest BCUT2D eigenvalue weighted by Gasteiger charge is -2.53. The first-order chi connectivity index (χ1) is 11.3. The maximum absolute atomic E-state index is 13.0. The zero-order chi connectivity index (χ0) is 15.6. The van der Waals surface area contributed by atoms with Gasteiger partial charge in [0.05, 0.1) is 6.04 Å². The van der Waals surface area contributed by atoms with Gasteiger partial charge < -0.3 is 9.64 Å². The molecule has 1 saturated heterocycles. The smallest absolute Gasteiger partial charge is 0.230 e. The van der Waals surface area contributed by atoms with Gasteiger partial charge in [-0.05, 0) is 38.0 Å². The molecule has 2 heterocycles. The lowest BCUT2D eigenvalue weighted by atomic mass is 9.74. The van der Waals surface area contributed by atoms with Crippen LogP contribution in [0.4, 0.5) is 0 Å². The average Bonchev–Trinajstić information content (AvgIpc) is 2.60. The molecule has 3 atom stereocenters. The molecule has 23 heavy (non-hydrogen) atoms. The highest BCUT2D eigenvalue weighted by molar-refractivity contribution is 6.26. The zero-order valence-electron chi connectivity index (χ0n) is 13.0. The van der Waals surface area contributed by atoms with E-state index in [0.717, 1.165) is 25.8 Å². The number of Topliss-reactive ketones (excluding diaryl/α,β-unsaturated/α-hetero) is 2. The number of benzene rings is 1. The highest BCUT2D eigenvalue weighted by atomic mass is 16.5. The quantitative estimate of drug-likeness (QED) is 0.739. The van der Waals surface area contributed by atoms with Gasteiger partial charge in [0, 0.05) is 17.7 Å². The lowest BCUT2D eigenvalue weighted by Crippen LogP contribution is -2.58. The summed E-state index contributed by atoms with van der Waals surface area (Å²) in [4.78, 5) is 28.1. The number of carbonyl (C=O) groups excluding carboxylic acids is 2. The molecule has 2 fully saturated rings. The summed E-state index contributed by atoms with van der Waals surface area (Å²) in [5.41, 5.74) is 1.54. The molecule has 2 aliphatic heterocycles. The van der Waals surface area contributed by atoms with E-state index in [4.69, 9.17) is 4.74 Å². The van der Waals surface area contributed by atoms with Gasteiger partial charge in [0.1, 0.15) is 11.8 Å². The van der Waals surface area contributed by atoms with Gasteiger partial charge in [0.2, 0.25) is 11.6 Å². The number of fused-ring (bicyclic) bond motifs is 2. The van der Waals surface area contributed by atoms with Gasteiger partial charge in [-0.25, -0.2) is 0 Å². The van der Waals surface area contributed by atoms with Crippen LogP contribution in [-0.4, -0.2) is 35.2 Å². The second-order valence-corrected chi connectivity index (χ2v) is 7.06. The number of piperidine rings is 1. The van der Waals surface area contributed by atoms with Gasteiger partial charge in [0.25, 0.3) is 0 Å². The number of rotatable bonds is 0. The molecule has 5 rings (SSSR count). The van der Waals surface area contributed by atoms with Crippen LogP contribution in [-0.2, 0) is 4.74 Å². The van der Waals surface area contributed by atoms with E-state index in [2.05, 4.69) is 4.90 Å². The standard InChI is InChI=1S/C19H19NO3/c21-17-12-7-1-2-8-13(12)18(22)19-16(17)20-10-4-6-11-5-3-9-14(23-19)15(11)20/h1-2,7-8,11,14-15H,3-6,9-10H2. The van der Waals surface area contributed by atoms with Crippen molar-refractivity contribution in [3.63, 3.8) is 0 Å². The summed E-state index contributed by atoms with van der Waals surface area (Å²) in [6.07, 6.45) is 5.71. The summed E-state index contributed by atoms with van der Waals surface area (Å²) in [5, 5.41) is 0. The number of ether oxygens (including phenoxy) is 1. The van der Waals surface area contributed by atoms with E-state index in [1.54, 1.807) is 18.2 Å². The SMILES string of the molecule is O=C1C2=C(C(=O)c3ccccc31)N1CCCC3CCCC(O2)C31. The van der Waals surface area contributed by atoms with Crippen molar-refractivity contribution in [2.45, 2.75) is 44.2 Å². The van der Waals surface area contributed by atoms with E-state index in [0.29, 0.717) is 28.5 Å². The van der Waals surface area contributed by atoms with E-state index >= 15 is 0 Å². The predicted molar refractivity (Wildman–Crippen MR) is 84.1 cm³/mol. The van der Waals surface area contributed by atoms with Crippen molar-refractivity contribution in [3.05, 3.63) is 46.8 Å². The van der Waals surface area contributed by atoms with Gasteiger partial charge in [-0.1, -0.05) is 24.3 Å². The first kappa shape index (κ1) is 13.3. The molecule has 4 aliphatic rings. The fourth-order valence-electron chi connectivity index (χ4n) is 4.92. The fourth-order valence-corrected chi connectivity index (χ4v) is 4.92. The van der Waals surface area contributed by atoms with Crippen LogP contribution in [0.15, 0.2) is 35.7 Å².